The van der Waals surface area contributed by atoms with Gasteiger partial charge in [-0.25, -0.2) is 4.98 Å². The molecule has 4 rings (SSSR count). The van der Waals surface area contributed by atoms with E-state index in [0.29, 0.717) is 11.6 Å². The summed E-state index contributed by atoms with van der Waals surface area (Å²) in [7, 11) is 0. The predicted octanol–water partition coefficient (Wildman–Crippen LogP) is 4.19. The first-order chi connectivity index (χ1) is 12.8. The summed E-state index contributed by atoms with van der Waals surface area (Å²) in [5, 5.41) is 8.90. The Labute approximate surface area is 157 Å². The number of rotatable bonds is 6. The number of hydrogen-bond donors (Lipinski definition) is 0. The van der Waals surface area contributed by atoms with Crippen LogP contribution >= 0.6 is 23.1 Å². The molecule has 26 heavy (non-hydrogen) atoms. The summed E-state index contributed by atoms with van der Waals surface area (Å²) in [6.07, 6.45) is 0. The number of benzene rings is 1. The van der Waals surface area contributed by atoms with Crippen LogP contribution in [0.1, 0.15) is 6.92 Å². The van der Waals surface area contributed by atoms with Crippen LogP contribution in [-0.2, 0) is 4.79 Å². The van der Waals surface area contributed by atoms with Gasteiger partial charge in [-0.1, -0.05) is 48.6 Å². The van der Waals surface area contributed by atoms with Crippen LogP contribution in [0.4, 0.5) is 0 Å². The van der Waals surface area contributed by atoms with Gasteiger partial charge in [0.05, 0.1) is 10.4 Å². The first kappa shape index (κ1) is 16.7. The number of aromatic nitrogens is 4. The molecular weight excluding hydrogens is 368 g/mol. The second-order valence-corrected chi connectivity index (χ2v) is 7.38. The van der Waals surface area contributed by atoms with Crippen LogP contribution in [-0.4, -0.2) is 32.0 Å². The fraction of sp³-hybridized carbons (Fsp3) is 0.111. The molecule has 0 aliphatic carbocycles. The van der Waals surface area contributed by atoms with Gasteiger partial charge in [0.15, 0.2) is 5.65 Å². The van der Waals surface area contributed by atoms with Gasteiger partial charge in [-0.15, -0.1) is 11.8 Å². The lowest BCUT2D eigenvalue weighted by Crippen LogP contribution is -1.98. The number of fused-ring (bicyclic) bond motifs is 1. The third kappa shape index (κ3) is 3.09. The van der Waals surface area contributed by atoms with Crippen molar-refractivity contribution >= 4 is 40.6 Å². The number of hydrogen-bond acceptors (Lipinski definition) is 7. The summed E-state index contributed by atoms with van der Waals surface area (Å²) in [4.78, 5) is 19.6. The number of carbonyl (C=O) groups excluding carboxylic acids is 1. The van der Waals surface area contributed by atoms with E-state index in [0.717, 1.165) is 33.1 Å². The molecule has 6 nitrogen and oxygen atoms in total. The van der Waals surface area contributed by atoms with Crippen molar-refractivity contribution in [1.82, 2.24) is 19.7 Å². The van der Waals surface area contributed by atoms with Crippen LogP contribution in [0.5, 0.6) is 5.88 Å². The van der Waals surface area contributed by atoms with Crippen molar-refractivity contribution < 1.29 is 9.53 Å². The predicted molar refractivity (Wildman–Crippen MR) is 103 cm³/mol. The summed E-state index contributed by atoms with van der Waals surface area (Å²) in [6.45, 7) is 2.46. The summed E-state index contributed by atoms with van der Waals surface area (Å²) in [5.41, 5.74) is 2.58. The highest BCUT2D eigenvalue weighted by atomic mass is 32.2. The van der Waals surface area contributed by atoms with E-state index in [-0.39, 0.29) is 5.88 Å². The molecule has 0 radical (unpaired) electrons. The molecule has 0 spiro atoms. The molecule has 0 unspecified atom stereocenters. The number of pyridine rings is 1. The monoisotopic (exact) mass is 382 g/mol. The molecule has 0 atom stereocenters. The van der Waals surface area contributed by atoms with Crippen molar-refractivity contribution in [2.45, 2.75) is 11.9 Å². The van der Waals surface area contributed by atoms with Crippen molar-refractivity contribution in [1.29, 1.82) is 0 Å². The molecule has 0 aliphatic rings. The molecule has 0 fully saturated rings. The van der Waals surface area contributed by atoms with Crippen molar-refractivity contribution in [2.24, 2.45) is 0 Å². The van der Waals surface area contributed by atoms with Gasteiger partial charge in [0.1, 0.15) is 5.69 Å². The first-order valence-electron chi connectivity index (χ1n) is 7.94. The van der Waals surface area contributed by atoms with Crippen molar-refractivity contribution in [3.8, 4) is 22.3 Å². The maximum absolute atomic E-state index is 10.5. The molecule has 0 saturated heterocycles. The Hall–Kier alpha value is -2.71. The topological polar surface area (TPSA) is 69.9 Å². The summed E-state index contributed by atoms with van der Waals surface area (Å²) in [6, 6.07) is 14.0. The molecule has 3 heterocycles. The highest BCUT2D eigenvalue weighted by molar-refractivity contribution is 7.99. The maximum Gasteiger partial charge on any atom is 0.299 e. The smallest absolute Gasteiger partial charge is 0.299 e. The Balaban J connectivity index is 1.92. The van der Waals surface area contributed by atoms with Crippen LogP contribution in [0, 0.1) is 0 Å². The van der Waals surface area contributed by atoms with Gasteiger partial charge < -0.3 is 4.74 Å². The van der Waals surface area contributed by atoms with Crippen LogP contribution in [0.25, 0.3) is 27.4 Å². The molecule has 0 bridgehead atoms. The summed E-state index contributed by atoms with van der Waals surface area (Å²) in [5.74, 6) is 1.19. The third-order valence-electron chi connectivity index (χ3n) is 3.67. The number of thiazole rings is 1. The van der Waals surface area contributed by atoms with Crippen LogP contribution in [0.3, 0.4) is 0 Å². The second kappa shape index (κ2) is 7.27. The zero-order chi connectivity index (χ0) is 17.9. The Morgan fingerprint density at radius 3 is 2.81 bits per heavy atom. The zero-order valence-electron chi connectivity index (χ0n) is 13.8. The lowest BCUT2D eigenvalue weighted by atomic mass is 10.1. The van der Waals surface area contributed by atoms with Crippen molar-refractivity contribution in [3.63, 3.8) is 0 Å². The highest BCUT2D eigenvalue weighted by Crippen LogP contribution is 2.32. The third-order valence-corrected chi connectivity index (χ3v) is 5.27. The molecule has 3 aromatic heterocycles. The van der Waals surface area contributed by atoms with E-state index >= 15 is 0 Å². The quantitative estimate of drug-likeness (QED) is 0.368. The van der Waals surface area contributed by atoms with E-state index in [2.05, 4.69) is 11.9 Å². The molecule has 0 N–H and O–H groups in total. The Morgan fingerprint density at radius 1 is 1.19 bits per heavy atom. The maximum atomic E-state index is 10.5. The molecule has 0 aliphatic heterocycles. The van der Waals surface area contributed by atoms with Gasteiger partial charge in [-0.05, 0) is 17.9 Å². The van der Waals surface area contributed by atoms with Gasteiger partial charge in [0.25, 0.3) is 6.47 Å². The average molecular weight is 382 g/mol. The van der Waals surface area contributed by atoms with Crippen molar-refractivity contribution in [3.05, 3.63) is 47.8 Å². The number of thioether (sulfide) groups is 1. The summed E-state index contributed by atoms with van der Waals surface area (Å²) >= 11 is 3.02. The Morgan fingerprint density at radius 2 is 2.04 bits per heavy atom. The lowest BCUT2D eigenvalue weighted by molar-refractivity contribution is -0.120. The molecule has 0 saturated carbocycles. The minimum atomic E-state index is 0.254. The minimum absolute atomic E-state index is 0.254. The number of carbonyl (C=O) groups is 1. The highest BCUT2D eigenvalue weighted by Gasteiger charge is 2.17. The Kier molecular flexibility index (Phi) is 4.68. The standard InChI is InChI=1S/C18H14N4O2S2/c1-2-25-15-9-8-13-16(12-6-4-3-5-7-12)21-22(17(13)20-15)18-19-14(10-26-18)24-11-23/h3-11H,2H2,1H3. The molecule has 130 valence electrons. The molecule has 4 aromatic rings. The minimum Gasteiger partial charge on any atom is -0.409 e. The SMILES string of the molecule is CCSc1ccc2c(-c3ccccc3)nn(-c3nc(OC=O)cs3)c2n1. The largest absolute Gasteiger partial charge is 0.409 e. The van der Waals surface area contributed by atoms with E-state index in [4.69, 9.17) is 14.8 Å². The van der Waals surface area contributed by atoms with Gasteiger partial charge in [0.2, 0.25) is 11.0 Å². The first-order valence-corrected chi connectivity index (χ1v) is 9.81. The number of nitrogens with zero attached hydrogens (tertiary/aromatic N) is 4. The van der Waals surface area contributed by atoms with Crippen LogP contribution in [0.2, 0.25) is 0 Å². The Bertz CT molecular complexity index is 1060. The van der Waals surface area contributed by atoms with Gasteiger partial charge in [-0.2, -0.15) is 14.8 Å². The fourth-order valence-electron chi connectivity index (χ4n) is 2.60. The van der Waals surface area contributed by atoms with Crippen LogP contribution in [0.15, 0.2) is 52.9 Å². The van der Waals surface area contributed by atoms with E-state index in [1.807, 2.05) is 42.5 Å². The summed E-state index contributed by atoms with van der Waals surface area (Å²) < 4.78 is 6.53. The van der Waals surface area contributed by atoms with E-state index in [1.165, 1.54) is 11.3 Å². The molecule has 8 heteroatoms. The molecule has 0 amide bonds. The van der Waals surface area contributed by atoms with E-state index < -0.39 is 0 Å². The normalized spacial score (nSPS) is 11.0. The van der Waals surface area contributed by atoms with Crippen molar-refractivity contribution in [2.75, 3.05) is 5.75 Å². The van der Waals surface area contributed by atoms with Crippen LogP contribution < -0.4 is 4.74 Å². The van der Waals surface area contributed by atoms with Gasteiger partial charge >= 0.3 is 0 Å². The molecular formula is C18H14N4O2S2. The molecule has 1 aromatic carbocycles. The number of ether oxygens (including phenoxy) is 1. The fourth-order valence-corrected chi connectivity index (χ4v) is 3.90. The second-order valence-electron chi connectivity index (χ2n) is 5.26. The average Bonchev–Trinajstić information content (AvgIpc) is 3.27. The van der Waals surface area contributed by atoms with Gasteiger partial charge in [0, 0.05) is 10.9 Å². The lowest BCUT2D eigenvalue weighted by Gasteiger charge is -2.00. The van der Waals surface area contributed by atoms with E-state index in [1.54, 1.807) is 21.8 Å². The zero-order valence-corrected chi connectivity index (χ0v) is 15.5. The van der Waals surface area contributed by atoms with E-state index in [9.17, 15) is 4.79 Å². The van der Waals surface area contributed by atoms with Gasteiger partial charge in [-0.3, -0.25) is 4.79 Å².